The summed E-state index contributed by atoms with van der Waals surface area (Å²) in [5.74, 6) is 0.322. The van der Waals surface area contributed by atoms with Crippen molar-refractivity contribution in [3.05, 3.63) is 42.7 Å². The third kappa shape index (κ3) is 3.85. The third-order valence-corrected chi connectivity index (χ3v) is 6.11. The molecule has 1 atom stereocenters. The van der Waals surface area contributed by atoms with Gasteiger partial charge in [0.15, 0.2) is 0 Å². The molecule has 1 saturated carbocycles. The van der Waals surface area contributed by atoms with E-state index in [1.165, 1.54) is 18.8 Å². The van der Waals surface area contributed by atoms with Gasteiger partial charge in [0.25, 0.3) is 0 Å². The van der Waals surface area contributed by atoms with Crippen LogP contribution in [0, 0.1) is 5.92 Å². The van der Waals surface area contributed by atoms with E-state index in [1.54, 1.807) is 4.68 Å². The van der Waals surface area contributed by atoms with Crippen LogP contribution < -0.4 is 10.5 Å². The molecule has 0 spiro atoms. The van der Waals surface area contributed by atoms with Crippen molar-refractivity contribution in [2.24, 2.45) is 11.7 Å². The molecule has 3 rings (SSSR count). The number of rotatable bonds is 6. The first-order valence-electron chi connectivity index (χ1n) is 8.42. The zero-order valence-corrected chi connectivity index (χ0v) is 14.5. The molecule has 0 bridgehead atoms. The van der Waals surface area contributed by atoms with Gasteiger partial charge in [0.05, 0.1) is 18.1 Å². The first-order valence-corrected chi connectivity index (χ1v) is 9.91. The first kappa shape index (κ1) is 17.1. The number of benzene rings is 1. The number of nitrogens with two attached hydrogens (primary N) is 1. The Kier molecular flexibility index (Phi) is 5.33. The molecule has 1 unspecified atom stereocenters. The van der Waals surface area contributed by atoms with E-state index in [0.29, 0.717) is 12.5 Å². The fourth-order valence-corrected chi connectivity index (χ4v) is 4.56. The highest BCUT2D eigenvalue weighted by Gasteiger charge is 2.28. The summed E-state index contributed by atoms with van der Waals surface area (Å²) in [5, 5.41) is 4.16. The molecule has 130 valence electrons. The molecule has 1 aromatic heterocycles. The number of hydrogen-bond donors (Lipinski definition) is 2. The van der Waals surface area contributed by atoms with Gasteiger partial charge in [0, 0.05) is 12.6 Å². The lowest BCUT2D eigenvalue weighted by atomic mass is 9.84. The van der Waals surface area contributed by atoms with Crippen LogP contribution in [0.4, 0.5) is 0 Å². The Morgan fingerprint density at radius 1 is 1.21 bits per heavy atom. The lowest BCUT2D eigenvalue weighted by molar-refractivity contribution is 0.294. The minimum Gasteiger partial charge on any atom is -0.329 e. The second-order valence-electron chi connectivity index (χ2n) is 6.32. The molecule has 2 aromatic rings. The van der Waals surface area contributed by atoms with Crippen LogP contribution in [-0.2, 0) is 10.0 Å². The SMILES string of the molecule is NCC(NS(=O)(=O)c1cnn(-c2ccccc2)c1)C1CCCCC1. The van der Waals surface area contributed by atoms with E-state index in [-0.39, 0.29) is 10.9 Å². The predicted molar refractivity (Wildman–Crippen MR) is 93.3 cm³/mol. The molecule has 0 saturated heterocycles. The Morgan fingerprint density at radius 2 is 1.92 bits per heavy atom. The van der Waals surface area contributed by atoms with E-state index in [9.17, 15) is 8.42 Å². The van der Waals surface area contributed by atoms with E-state index in [2.05, 4.69) is 9.82 Å². The van der Waals surface area contributed by atoms with Crippen LogP contribution in [0.2, 0.25) is 0 Å². The van der Waals surface area contributed by atoms with Crippen molar-refractivity contribution in [1.82, 2.24) is 14.5 Å². The minimum absolute atomic E-state index is 0.167. The van der Waals surface area contributed by atoms with Gasteiger partial charge in [-0.1, -0.05) is 37.5 Å². The summed E-state index contributed by atoms with van der Waals surface area (Å²) in [6.07, 6.45) is 8.51. The number of sulfonamides is 1. The molecule has 1 heterocycles. The van der Waals surface area contributed by atoms with Crippen molar-refractivity contribution in [1.29, 1.82) is 0 Å². The van der Waals surface area contributed by atoms with Gasteiger partial charge in [-0.2, -0.15) is 5.10 Å². The van der Waals surface area contributed by atoms with Gasteiger partial charge in [-0.05, 0) is 30.9 Å². The van der Waals surface area contributed by atoms with Gasteiger partial charge >= 0.3 is 0 Å². The fourth-order valence-electron chi connectivity index (χ4n) is 3.31. The molecule has 7 heteroatoms. The molecule has 1 aromatic carbocycles. The van der Waals surface area contributed by atoms with Gasteiger partial charge in [0.2, 0.25) is 10.0 Å². The zero-order valence-electron chi connectivity index (χ0n) is 13.6. The monoisotopic (exact) mass is 348 g/mol. The third-order valence-electron chi connectivity index (χ3n) is 4.67. The highest BCUT2D eigenvalue weighted by Crippen LogP contribution is 2.27. The Hall–Kier alpha value is -1.70. The van der Waals surface area contributed by atoms with Gasteiger partial charge in [-0.3, -0.25) is 0 Å². The first-order chi connectivity index (χ1) is 11.6. The summed E-state index contributed by atoms with van der Waals surface area (Å²) in [7, 11) is -3.62. The number of nitrogens with zero attached hydrogens (tertiary/aromatic N) is 2. The van der Waals surface area contributed by atoms with Gasteiger partial charge in [0.1, 0.15) is 4.90 Å². The number of aromatic nitrogens is 2. The normalized spacial score (nSPS) is 17.7. The molecule has 3 N–H and O–H groups in total. The Balaban J connectivity index is 1.76. The summed E-state index contributed by atoms with van der Waals surface area (Å²) < 4.78 is 29.7. The largest absolute Gasteiger partial charge is 0.329 e. The van der Waals surface area contributed by atoms with Crippen molar-refractivity contribution >= 4 is 10.0 Å². The molecule has 0 amide bonds. The molecular weight excluding hydrogens is 324 g/mol. The minimum atomic E-state index is -3.62. The lowest BCUT2D eigenvalue weighted by Gasteiger charge is -2.29. The molecule has 6 nitrogen and oxygen atoms in total. The summed E-state index contributed by atoms with van der Waals surface area (Å²) in [6, 6.07) is 9.22. The molecule has 1 aliphatic carbocycles. The maximum atomic E-state index is 12.7. The fraction of sp³-hybridized carbons (Fsp3) is 0.471. The van der Waals surface area contributed by atoms with Crippen LogP contribution in [0.3, 0.4) is 0 Å². The standard InChI is InChI=1S/C17H24N4O2S/c18-11-17(14-7-3-1-4-8-14)20-24(22,23)16-12-19-21(13-16)15-9-5-2-6-10-15/h2,5-6,9-10,12-14,17,20H,1,3-4,7-8,11,18H2. The second-order valence-corrected chi connectivity index (χ2v) is 8.03. The topological polar surface area (TPSA) is 90.0 Å². The van der Waals surface area contributed by atoms with E-state index >= 15 is 0 Å². The van der Waals surface area contributed by atoms with E-state index in [4.69, 9.17) is 5.73 Å². The highest BCUT2D eigenvalue weighted by molar-refractivity contribution is 7.89. The van der Waals surface area contributed by atoms with Crippen LogP contribution in [0.15, 0.2) is 47.6 Å². The van der Waals surface area contributed by atoms with E-state index < -0.39 is 10.0 Å². The van der Waals surface area contributed by atoms with Crippen LogP contribution in [0.25, 0.3) is 5.69 Å². The van der Waals surface area contributed by atoms with Crippen molar-refractivity contribution in [3.8, 4) is 5.69 Å². The van der Waals surface area contributed by atoms with Crippen molar-refractivity contribution < 1.29 is 8.42 Å². The lowest BCUT2D eigenvalue weighted by Crippen LogP contribution is -2.45. The summed E-state index contributed by atoms with van der Waals surface area (Å²) in [4.78, 5) is 0.167. The van der Waals surface area contributed by atoms with Gasteiger partial charge in [-0.25, -0.2) is 17.8 Å². The average Bonchev–Trinajstić information content (AvgIpc) is 3.12. The van der Waals surface area contributed by atoms with E-state index in [0.717, 1.165) is 31.4 Å². The number of hydrogen-bond acceptors (Lipinski definition) is 4. The molecule has 1 aliphatic rings. The predicted octanol–water partition coefficient (Wildman–Crippen LogP) is 2.06. The summed E-state index contributed by atoms with van der Waals surface area (Å²) >= 11 is 0. The average molecular weight is 348 g/mol. The van der Waals surface area contributed by atoms with Crippen molar-refractivity contribution in [2.75, 3.05) is 6.54 Å². The van der Waals surface area contributed by atoms with Crippen molar-refractivity contribution in [2.45, 2.75) is 43.0 Å². The van der Waals surface area contributed by atoms with Crippen LogP contribution in [-0.4, -0.2) is 30.8 Å². The maximum Gasteiger partial charge on any atom is 0.244 e. The summed E-state index contributed by atoms with van der Waals surface area (Å²) in [5.41, 5.74) is 6.66. The van der Waals surface area contributed by atoms with Crippen LogP contribution in [0.1, 0.15) is 32.1 Å². The number of para-hydroxylation sites is 1. The van der Waals surface area contributed by atoms with Gasteiger partial charge < -0.3 is 5.73 Å². The Morgan fingerprint density at radius 3 is 2.58 bits per heavy atom. The summed E-state index contributed by atoms with van der Waals surface area (Å²) in [6.45, 7) is 0.316. The van der Waals surface area contributed by atoms with E-state index in [1.807, 2.05) is 30.3 Å². The molecule has 24 heavy (non-hydrogen) atoms. The van der Waals surface area contributed by atoms with Crippen molar-refractivity contribution in [3.63, 3.8) is 0 Å². The molecule has 1 fully saturated rings. The number of nitrogens with one attached hydrogen (secondary N) is 1. The quantitative estimate of drug-likeness (QED) is 0.836. The Labute approximate surface area is 143 Å². The second kappa shape index (κ2) is 7.46. The van der Waals surface area contributed by atoms with Crippen LogP contribution >= 0.6 is 0 Å². The zero-order chi connectivity index (χ0) is 17.0. The molecule has 0 aliphatic heterocycles. The smallest absolute Gasteiger partial charge is 0.244 e. The van der Waals surface area contributed by atoms with Crippen LogP contribution in [0.5, 0.6) is 0 Å². The van der Waals surface area contributed by atoms with Gasteiger partial charge in [-0.15, -0.1) is 0 Å². The highest BCUT2D eigenvalue weighted by atomic mass is 32.2. The maximum absolute atomic E-state index is 12.7. The molecular formula is C17H24N4O2S. The Bertz CT molecular complexity index is 752. The molecule has 0 radical (unpaired) electrons.